The van der Waals surface area contributed by atoms with E-state index in [1.165, 1.54) is 31.3 Å². The predicted molar refractivity (Wildman–Crippen MR) is 81.5 cm³/mol. The molecule has 0 aromatic heterocycles. The molecule has 23 heavy (non-hydrogen) atoms. The molecule has 0 bridgehead atoms. The van der Waals surface area contributed by atoms with Crippen LogP contribution >= 0.6 is 0 Å². The third-order valence-electron chi connectivity index (χ3n) is 2.86. The summed E-state index contributed by atoms with van der Waals surface area (Å²) in [6.07, 6.45) is 0. The highest BCUT2D eigenvalue weighted by Gasteiger charge is 2.13. The number of hydrogen-bond acceptors (Lipinski definition) is 6. The number of nitrogens with one attached hydrogen (secondary N) is 1. The summed E-state index contributed by atoms with van der Waals surface area (Å²) in [5.41, 5.74) is 0.276. The number of rotatable bonds is 7. The van der Waals surface area contributed by atoms with E-state index in [2.05, 4.69) is 5.32 Å². The van der Waals surface area contributed by atoms with E-state index >= 15 is 0 Å². The minimum absolute atomic E-state index is 0.276. The van der Waals surface area contributed by atoms with Crippen LogP contribution in [0.2, 0.25) is 0 Å². The Morgan fingerprint density at radius 3 is 2.09 bits per heavy atom. The lowest BCUT2D eigenvalue weighted by molar-refractivity contribution is -0.150. The van der Waals surface area contributed by atoms with Crippen LogP contribution in [0, 0.1) is 0 Å². The summed E-state index contributed by atoms with van der Waals surface area (Å²) in [5, 5.41) is 2.40. The van der Waals surface area contributed by atoms with Crippen molar-refractivity contribution in [3.05, 3.63) is 23.8 Å². The van der Waals surface area contributed by atoms with Crippen molar-refractivity contribution in [1.29, 1.82) is 0 Å². The molecule has 0 radical (unpaired) electrons. The fourth-order valence-corrected chi connectivity index (χ4v) is 1.52. The number of methoxy groups -OCH3 is 2. The Labute approximate surface area is 134 Å². The standard InChI is InChI=1S/C15H20N2O6/c1-17(2)13(18)9-23-14(19)8-16-15(20)10-5-11(21-3)7-12(6-10)22-4/h5-7H,8-9H2,1-4H3,(H,16,20). The van der Waals surface area contributed by atoms with Gasteiger partial charge in [0.1, 0.15) is 18.0 Å². The van der Waals surface area contributed by atoms with Gasteiger partial charge < -0.3 is 24.4 Å². The topological polar surface area (TPSA) is 94.2 Å². The molecule has 1 aromatic rings. The van der Waals surface area contributed by atoms with Gasteiger partial charge >= 0.3 is 5.97 Å². The molecule has 1 aromatic carbocycles. The first-order valence-corrected chi connectivity index (χ1v) is 6.74. The van der Waals surface area contributed by atoms with E-state index in [9.17, 15) is 14.4 Å². The second-order valence-corrected chi connectivity index (χ2v) is 4.73. The second kappa shape index (κ2) is 8.62. The molecule has 0 saturated heterocycles. The number of ether oxygens (including phenoxy) is 3. The highest BCUT2D eigenvalue weighted by molar-refractivity contribution is 5.96. The van der Waals surface area contributed by atoms with E-state index in [-0.39, 0.29) is 24.6 Å². The van der Waals surface area contributed by atoms with Crippen LogP contribution in [-0.2, 0) is 14.3 Å². The minimum atomic E-state index is -0.705. The molecule has 0 aliphatic heterocycles. The highest BCUT2D eigenvalue weighted by Crippen LogP contribution is 2.22. The minimum Gasteiger partial charge on any atom is -0.497 e. The summed E-state index contributed by atoms with van der Waals surface area (Å²) in [6, 6.07) is 4.65. The van der Waals surface area contributed by atoms with Crippen LogP contribution < -0.4 is 14.8 Å². The van der Waals surface area contributed by atoms with E-state index in [1.54, 1.807) is 20.2 Å². The van der Waals surface area contributed by atoms with E-state index < -0.39 is 11.9 Å². The molecule has 8 heteroatoms. The Hall–Kier alpha value is -2.77. The lowest BCUT2D eigenvalue weighted by Gasteiger charge is -2.11. The first kappa shape index (κ1) is 18.3. The van der Waals surface area contributed by atoms with E-state index in [0.717, 1.165) is 0 Å². The molecular weight excluding hydrogens is 304 g/mol. The molecule has 1 N–H and O–H groups in total. The maximum atomic E-state index is 12.0. The van der Waals surface area contributed by atoms with Crippen LogP contribution in [0.4, 0.5) is 0 Å². The van der Waals surface area contributed by atoms with E-state index in [4.69, 9.17) is 14.2 Å². The van der Waals surface area contributed by atoms with Crippen LogP contribution in [0.25, 0.3) is 0 Å². The first-order chi connectivity index (χ1) is 10.9. The molecule has 0 saturated carbocycles. The molecule has 8 nitrogen and oxygen atoms in total. The van der Waals surface area contributed by atoms with Crippen molar-refractivity contribution in [3.8, 4) is 11.5 Å². The van der Waals surface area contributed by atoms with Crippen LogP contribution in [0.5, 0.6) is 11.5 Å². The monoisotopic (exact) mass is 324 g/mol. The Kier molecular flexibility index (Phi) is 6.85. The van der Waals surface area contributed by atoms with Gasteiger partial charge in [-0.3, -0.25) is 14.4 Å². The Bertz CT molecular complexity index is 563. The Balaban J connectivity index is 2.56. The summed E-state index contributed by atoms with van der Waals surface area (Å²) in [6.45, 7) is -0.715. The van der Waals surface area contributed by atoms with Crippen molar-refractivity contribution in [2.24, 2.45) is 0 Å². The smallest absolute Gasteiger partial charge is 0.325 e. The summed E-state index contributed by atoms with van der Waals surface area (Å²) < 4.78 is 14.9. The van der Waals surface area contributed by atoms with Crippen molar-refractivity contribution in [3.63, 3.8) is 0 Å². The maximum absolute atomic E-state index is 12.0. The molecule has 0 aliphatic carbocycles. The summed E-state index contributed by atoms with van der Waals surface area (Å²) in [4.78, 5) is 36.1. The summed E-state index contributed by atoms with van der Waals surface area (Å²) in [7, 11) is 6.04. The molecule has 0 aliphatic rings. The van der Waals surface area contributed by atoms with Crippen molar-refractivity contribution in [2.45, 2.75) is 0 Å². The lowest BCUT2D eigenvalue weighted by Crippen LogP contribution is -2.33. The number of benzene rings is 1. The third-order valence-corrected chi connectivity index (χ3v) is 2.86. The Morgan fingerprint density at radius 2 is 1.61 bits per heavy atom. The SMILES string of the molecule is COc1cc(OC)cc(C(=O)NCC(=O)OCC(=O)N(C)C)c1. The number of esters is 1. The number of carbonyl (C=O) groups is 3. The van der Waals surface area contributed by atoms with Crippen LogP contribution in [0.1, 0.15) is 10.4 Å². The van der Waals surface area contributed by atoms with Crippen molar-refractivity contribution >= 4 is 17.8 Å². The van der Waals surface area contributed by atoms with Crippen LogP contribution in [0.3, 0.4) is 0 Å². The third kappa shape index (κ3) is 5.85. The van der Waals surface area contributed by atoms with Gasteiger partial charge in [0.05, 0.1) is 14.2 Å². The highest BCUT2D eigenvalue weighted by atomic mass is 16.5. The summed E-state index contributed by atoms with van der Waals surface area (Å²) in [5.74, 6) is -0.633. The van der Waals surface area contributed by atoms with Gasteiger partial charge in [0.25, 0.3) is 11.8 Å². The largest absolute Gasteiger partial charge is 0.497 e. The van der Waals surface area contributed by atoms with Gasteiger partial charge in [0.2, 0.25) is 0 Å². The van der Waals surface area contributed by atoms with Gasteiger partial charge in [-0.05, 0) is 12.1 Å². The van der Waals surface area contributed by atoms with Gasteiger partial charge in [-0.15, -0.1) is 0 Å². The average molecular weight is 324 g/mol. The molecule has 1 rings (SSSR count). The maximum Gasteiger partial charge on any atom is 0.325 e. The summed E-state index contributed by atoms with van der Waals surface area (Å²) >= 11 is 0. The van der Waals surface area contributed by atoms with Gasteiger partial charge in [0, 0.05) is 25.7 Å². The van der Waals surface area contributed by atoms with Crippen LogP contribution in [0.15, 0.2) is 18.2 Å². The molecular formula is C15H20N2O6. The molecule has 0 heterocycles. The zero-order valence-corrected chi connectivity index (χ0v) is 13.5. The van der Waals surface area contributed by atoms with Gasteiger partial charge in [0.15, 0.2) is 6.61 Å². The predicted octanol–water partition coefficient (Wildman–Crippen LogP) is 0.0650. The van der Waals surface area contributed by atoms with Crippen molar-refractivity contribution in [2.75, 3.05) is 41.5 Å². The first-order valence-electron chi connectivity index (χ1n) is 6.74. The number of carbonyl (C=O) groups excluding carboxylic acids is 3. The number of likely N-dealkylation sites (N-methyl/N-ethyl adjacent to an activating group) is 1. The molecule has 0 atom stereocenters. The van der Waals surface area contributed by atoms with Gasteiger partial charge in [-0.25, -0.2) is 0 Å². The quantitative estimate of drug-likeness (QED) is 0.713. The number of amides is 2. The molecule has 126 valence electrons. The molecule has 0 fully saturated rings. The average Bonchev–Trinajstić information content (AvgIpc) is 2.56. The molecule has 2 amide bonds. The Morgan fingerprint density at radius 1 is 1.04 bits per heavy atom. The van der Waals surface area contributed by atoms with Gasteiger partial charge in [-0.1, -0.05) is 0 Å². The van der Waals surface area contributed by atoms with Crippen LogP contribution in [-0.4, -0.2) is 64.2 Å². The fraction of sp³-hybridized carbons (Fsp3) is 0.400. The number of nitrogens with zero attached hydrogens (tertiary/aromatic N) is 1. The molecule has 0 unspecified atom stereocenters. The normalized spacial score (nSPS) is 9.74. The van der Waals surface area contributed by atoms with E-state index in [1.807, 2.05) is 0 Å². The van der Waals surface area contributed by atoms with E-state index in [0.29, 0.717) is 11.5 Å². The lowest BCUT2D eigenvalue weighted by atomic mass is 10.2. The zero-order chi connectivity index (χ0) is 17.4. The zero-order valence-electron chi connectivity index (χ0n) is 13.5. The fourth-order valence-electron chi connectivity index (χ4n) is 1.52. The molecule has 0 spiro atoms. The second-order valence-electron chi connectivity index (χ2n) is 4.73. The van der Waals surface area contributed by atoms with Crippen molar-refractivity contribution in [1.82, 2.24) is 10.2 Å². The number of hydrogen-bond donors (Lipinski definition) is 1. The van der Waals surface area contributed by atoms with Crippen molar-refractivity contribution < 1.29 is 28.6 Å². The van der Waals surface area contributed by atoms with Gasteiger partial charge in [-0.2, -0.15) is 0 Å².